The zero-order valence-electron chi connectivity index (χ0n) is 32.0. The fourth-order valence-electron chi connectivity index (χ4n) is 6.76. The van der Waals surface area contributed by atoms with E-state index in [2.05, 4.69) is 0 Å². The lowest BCUT2D eigenvalue weighted by atomic mass is 9.84. The third-order valence-corrected chi connectivity index (χ3v) is 12.8. The van der Waals surface area contributed by atoms with Gasteiger partial charge in [-0.15, -0.1) is 0 Å². The molecule has 0 spiro atoms. The van der Waals surface area contributed by atoms with E-state index in [1.165, 1.54) is 0 Å². The third-order valence-electron chi connectivity index (χ3n) is 12.8. The lowest BCUT2D eigenvalue weighted by molar-refractivity contribution is -0.539. The highest BCUT2D eigenvalue weighted by molar-refractivity contribution is 6.00. The first kappa shape index (κ1) is 36.9. The molecule has 0 saturated heterocycles. The third kappa shape index (κ3) is 4.75. The largest absolute Gasteiger partial charge is 0.715 e. The minimum Gasteiger partial charge on any atom is -0.715 e. The predicted octanol–water partition coefficient (Wildman–Crippen LogP) is 7.04. The maximum Gasteiger partial charge on any atom is 0.279 e. The number of amidine groups is 3. The molecule has 6 rings (SSSR count). The maximum absolute atomic E-state index is 13.4. The summed E-state index contributed by atoms with van der Waals surface area (Å²) in [4.78, 5) is 1.92. The van der Waals surface area contributed by atoms with Crippen molar-refractivity contribution in [2.75, 3.05) is 4.90 Å². The Labute approximate surface area is 305 Å². The number of anilines is 3. The molecule has 0 amide bonds. The quantitative estimate of drug-likeness (QED) is 0.192. The van der Waals surface area contributed by atoms with Crippen molar-refractivity contribution >= 4 is 34.6 Å². The van der Waals surface area contributed by atoms with Gasteiger partial charge in [0.25, 0.3) is 17.5 Å². The number of hydrogen-bond donors (Lipinski definition) is 0. The van der Waals surface area contributed by atoms with Crippen LogP contribution in [0.3, 0.4) is 0 Å². The van der Waals surface area contributed by atoms with Gasteiger partial charge in [-0.1, -0.05) is 0 Å². The molecule has 0 aliphatic carbocycles. The van der Waals surface area contributed by atoms with Gasteiger partial charge in [0.05, 0.1) is 16.7 Å². The van der Waals surface area contributed by atoms with Gasteiger partial charge in [0.2, 0.25) is 0 Å². The summed E-state index contributed by atoms with van der Waals surface area (Å²) in [6.07, 6.45) is 0. The van der Waals surface area contributed by atoms with Gasteiger partial charge in [0.15, 0.2) is 0 Å². The zero-order chi connectivity index (χ0) is 38.7. The van der Waals surface area contributed by atoms with Crippen molar-refractivity contribution in [3.63, 3.8) is 0 Å². The van der Waals surface area contributed by atoms with Gasteiger partial charge < -0.3 is 36.1 Å². The van der Waals surface area contributed by atoms with Crippen LogP contribution in [0.15, 0.2) is 72.8 Å². The molecule has 278 valence electrons. The Morgan fingerprint density at radius 2 is 0.577 bits per heavy atom. The monoisotopic (exact) mass is 710 g/mol. The smallest absolute Gasteiger partial charge is 0.279 e. The van der Waals surface area contributed by atoms with Gasteiger partial charge in [0, 0.05) is 17.1 Å². The number of nitrogens with zero attached hydrogens (tertiary/aromatic N) is 7. The second-order valence-corrected chi connectivity index (χ2v) is 17.1. The summed E-state index contributed by atoms with van der Waals surface area (Å²) in [5.41, 5.74) is -2.43. The zero-order valence-corrected chi connectivity index (χ0v) is 32.0. The van der Waals surface area contributed by atoms with E-state index in [1.54, 1.807) is 156 Å². The molecule has 0 aromatic heterocycles. The summed E-state index contributed by atoms with van der Waals surface area (Å²) in [5.74, 6) is 0.0676. The molecule has 13 heteroatoms. The van der Waals surface area contributed by atoms with Gasteiger partial charge in [-0.05, 0) is 156 Å². The fraction of sp³-hybridized carbons (Fsp3) is 0.462. The Morgan fingerprint density at radius 3 is 0.731 bits per heavy atom. The minimum absolute atomic E-state index is 0.0225. The molecule has 52 heavy (non-hydrogen) atoms. The summed E-state index contributed by atoms with van der Waals surface area (Å²) < 4.78 is 2.32. The van der Waals surface area contributed by atoms with Gasteiger partial charge in [-0.25, -0.2) is 0 Å². The molecule has 0 fully saturated rings. The van der Waals surface area contributed by atoms with E-state index in [-0.39, 0.29) is 17.5 Å². The Bertz CT molecular complexity index is 1780. The molecule has 3 heterocycles. The molecule has 3 aromatic rings. The SMILES string of the molecule is CC1(C)N([O-])C(c2ccc(N(c3ccc(C4=[N+]([O-])C(C)(C)C(C)(C)N4[O-])cc3)c3ccc(C4=[N+]([O-])C(C)(C)C(C)(C)N4[O-])cc3)cc2)=[N+]([O-])C1(C)C. The van der Waals surface area contributed by atoms with Crippen molar-refractivity contribution in [1.82, 2.24) is 15.2 Å². The van der Waals surface area contributed by atoms with Crippen LogP contribution in [-0.4, -0.2) is 80.1 Å². The summed E-state index contributed by atoms with van der Waals surface area (Å²) in [7, 11) is 0. The van der Waals surface area contributed by atoms with E-state index in [9.17, 15) is 31.2 Å². The van der Waals surface area contributed by atoms with E-state index < -0.39 is 33.2 Å². The van der Waals surface area contributed by atoms with Crippen LogP contribution in [0.2, 0.25) is 0 Å². The average molecular weight is 711 g/mol. The first-order valence-corrected chi connectivity index (χ1v) is 17.4. The first-order valence-electron chi connectivity index (χ1n) is 17.4. The van der Waals surface area contributed by atoms with E-state index in [0.29, 0.717) is 33.8 Å². The van der Waals surface area contributed by atoms with Crippen LogP contribution in [0.1, 0.15) is 99.8 Å². The van der Waals surface area contributed by atoms with Crippen LogP contribution in [0, 0.1) is 31.2 Å². The molecule has 3 aromatic carbocycles. The van der Waals surface area contributed by atoms with Gasteiger partial charge in [-0.2, -0.15) is 0 Å². The van der Waals surface area contributed by atoms with E-state index in [1.807, 2.05) is 4.90 Å². The minimum atomic E-state index is -0.972. The Kier molecular flexibility index (Phi) is 8.04. The van der Waals surface area contributed by atoms with Crippen LogP contribution in [-0.2, 0) is 0 Å². The van der Waals surface area contributed by atoms with Crippen LogP contribution in [0.5, 0.6) is 0 Å². The van der Waals surface area contributed by atoms with E-state index >= 15 is 0 Å². The molecule has 0 unspecified atom stereocenters. The second kappa shape index (κ2) is 11.3. The molecule has 0 N–H and O–H groups in total. The molecule has 3 aliphatic heterocycles. The molecule has 0 atom stereocenters. The van der Waals surface area contributed by atoms with Crippen molar-refractivity contribution in [2.45, 2.75) is 116 Å². The van der Waals surface area contributed by atoms with Crippen LogP contribution >= 0.6 is 0 Å². The molecule has 3 aliphatic rings. The lowest BCUT2D eigenvalue weighted by Gasteiger charge is -2.39. The van der Waals surface area contributed by atoms with Crippen molar-refractivity contribution in [3.8, 4) is 0 Å². The standard InChI is InChI=1S/C39H48N7O6/c1-34(2)35(3,4)42(48)31(41(34)47)25-13-19-28(20-14-25)40(29-21-15-26(16-22-29)32-43(49)36(5,6)37(7,8)44(32)50)30-23-17-27(18-24-30)33-45(51)38(9,10)39(11,12)46(33)52/h13-24H,1-12H3/q-3. The summed E-state index contributed by atoms with van der Waals surface area (Å²) in [6.45, 7) is 20.9. The normalized spacial score (nSPS) is 22.6. The van der Waals surface area contributed by atoms with Crippen molar-refractivity contribution < 1.29 is 14.2 Å². The van der Waals surface area contributed by atoms with Crippen LogP contribution < -0.4 is 4.90 Å². The van der Waals surface area contributed by atoms with Gasteiger partial charge in [0.1, 0.15) is 33.2 Å². The lowest BCUT2D eigenvalue weighted by Crippen LogP contribution is -2.52. The highest BCUT2D eigenvalue weighted by Gasteiger charge is 2.56. The first-order chi connectivity index (χ1) is 23.8. The van der Waals surface area contributed by atoms with Crippen molar-refractivity contribution in [2.24, 2.45) is 0 Å². The average Bonchev–Trinajstić information content (AvgIpc) is 3.35. The molecule has 0 bridgehead atoms. The predicted molar refractivity (Wildman–Crippen MR) is 204 cm³/mol. The maximum atomic E-state index is 13.4. The molecular weight excluding hydrogens is 662 g/mol. The topological polar surface area (TPSA) is 160 Å². The molecular formula is C39H48N7O6-3. The summed E-state index contributed by atoms with van der Waals surface area (Å²) in [6, 6.07) is 21.1. The van der Waals surface area contributed by atoms with E-state index in [0.717, 1.165) is 29.4 Å². The molecule has 13 nitrogen and oxygen atoms in total. The van der Waals surface area contributed by atoms with Gasteiger partial charge >= 0.3 is 0 Å². The Hall–Kier alpha value is -4.85. The van der Waals surface area contributed by atoms with Crippen LogP contribution in [0.4, 0.5) is 17.1 Å². The van der Waals surface area contributed by atoms with Crippen LogP contribution in [0.25, 0.3) is 0 Å². The fourth-order valence-corrected chi connectivity index (χ4v) is 6.76. The molecule has 0 radical (unpaired) electrons. The highest BCUT2D eigenvalue weighted by Crippen LogP contribution is 2.42. The molecule has 0 saturated carbocycles. The Balaban J connectivity index is 1.43. The van der Waals surface area contributed by atoms with Gasteiger partial charge in [-0.3, -0.25) is 29.4 Å². The number of rotatable bonds is 6. The van der Waals surface area contributed by atoms with E-state index in [4.69, 9.17) is 0 Å². The number of hydroxylamine groups is 9. The summed E-state index contributed by atoms with van der Waals surface area (Å²) in [5, 5.41) is 82.5. The Morgan fingerprint density at radius 1 is 0.385 bits per heavy atom. The summed E-state index contributed by atoms with van der Waals surface area (Å²) >= 11 is 0. The number of benzene rings is 3. The van der Waals surface area contributed by atoms with Crippen molar-refractivity contribution in [1.29, 1.82) is 0 Å². The second-order valence-electron chi connectivity index (χ2n) is 17.1. The number of hydrogen-bond acceptors (Lipinski definition) is 10. The van der Waals surface area contributed by atoms with Crippen molar-refractivity contribution in [3.05, 3.63) is 121 Å². The highest BCUT2D eigenvalue weighted by atomic mass is 16.6.